The van der Waals surface area contributed by atoms with Gasteiger partial charge in [-0.1, -0.05) is 36.4 Å². The standard InChI is InChI=1S/C26H23N5O2/c1-18(2)31-24(32)11-10-22(28-31)25-23-15-21(33-17-19-7-6-13-27-16-19)12-14-30(23)29-26(25)20-8-4-3-5-9-20/h3-16,18H,17H2,1-2H3. The van der Waals surface area contributed by atoms with Crippen LogP contribution in [0.4, 0.5) is 0 Å². The summed E-state index contributed by atoms with van der Waals surface area (Å²) in [6.45, 7) is 4.29. The van der Waals surface area contributed by atoms with Gasteiger partial charge in [0.2, 0.25) is 0 Å². The van der Waals surface area contributed by atoms with Crippen LogP contribution in [0.3, 0.4) is 0 Å². The van der Waals surface area contributed by atoms with Gasteiger partial charge in [0.1, 0.15) is 18.1 Å². The maximum atomic E-state index is 12.3. The molecule has 4 aromatic heterocycles. The number of aromatic nitrogens is 5. The molecule has 4 heterocycles. The van der Waals surface area contributed by atoms with Gasteiger partial charge < -0.3 is 4.74 Å². The molecule has 1 aromatic carbocycles. The van der Waals surface area contributed by atoms with Crippen LogP contribution in [-0.4, -0.2) is 24.4 Å². The monoisotopic (exact) mass is 437 g/mol. The topological polar surface area (TPSA) is 74.3 Å². The van der Waals surface area contributed by atoms with Crippen LogP contribution in [0.15, 0.2) is 90.1 Å². The minimum absolute atomic E-state index is 0.0576. The van der Waals surface area contributed by atoms with E-state index in [1.807, 2.05) is 79.2 Å². The average Bonchev–Trinajstić information content (AvgIpc) is 3.23. The molecule has 0 fully saturated rings. The van der Waals surface area contributed by atoms with Gasteiger partial charge in [-0.15, -0.1) is 0 Å². The zero-order chi connectivity index (χ0) is 22.8. The van der Waals surface area contributed by atoms with Crippen molar-refractivity contribution < 1.29 is 4.74 Å². The first kappa shape index (κ1) is 20.6. The number of ether oxygens (including phenoxy) is 1. The van der Waals surface area contributed by atoms with Crippen molar-refractivity contribution in [3.8, 4) is 28.3 Å². The number of nitrogens with zero attached hydrogens (tertiary/aromatic N) is 5. The summed E-state index contributed by atoms with van der Waals surface area (Å²) in [5.74, 6) is 0.712. The van der Waals surface area contributed by atoms with E-state index in [1.54, 1.807) is 24.5 Å². The zero-order valence-corrected chi connectivity index (χ0v) is 18.4. The van der Waals surface area contributed by atoms with E-state index in [0.717, 1.165) is 27.9 Å². The van der Waals surface area contributed by atoms with Crippen molar-refractivity contribution in [1.82, 2.24) is 24.4 Å². The van der Waals surface area contributed by atoms with Crippen LogP contribution in [-0.2, 0) is 6.61 Å². The highest BCUT2D eigenvalue weighted by Gasteiger charge is 2.19. The predicted octanol–water partition coefficient (Wildman–Crippen LogP) is 4.78. The van der Waals surface area contributed by atoms with Crippen molar-refractivity contribution >= 4 is 5.52 Å². The molecule has 0 radical (unpaired) electrons. The maximum Gasteiger partial charge on any atom is 0.267 e. The van der Waals surface area contributed by atoms with E-state index in [-0.39, 0.29) is 11.6 Å². The summed E-state index contributed by atoms with van der Waals surface area (Å²) >= 11 is 0. The molecule has 0 aliphatic rings. The molecule has 5 rings (SSSR count). The lowest BCUT2D eigenvalue weighted by atomic mass is 10.0. The second kappa shape index (κ2) is 8.70. The first-order valence-corrected chi connectivity index (χ1v) is 10.8. The number of hydrogen-bond donors (Lipinski definition) is 0. The van der Waals surface area contributed by atoms with Crippen molar-refractivity contribution in [3.05, 3.63) is 101 Å². The lowest BCUT2D eigenvalue weighted by Gasteiger charge is -2.11. The van der Waals surface area contributed by atoms with Crippen molar-refractivity contribution in [2.75, 3.05) is 0 Å². The van der Waals surface area contributed by atoms with Crippen molar-refractivity contribution in [2.45, 2.75) is 26.5 Å². The van der Waals surface area contributed by atoms with Gasteiger partial charge in [-0.2, -0.15) is 10.2 Å². The van der Waals surface area contributed by atoms with E-state index < -0.39 is 0 Å². The van der Waals surface area contributed by atoms with Crippen LogP contribution in [0.5, 0.6) is 5.75 Å². The van der Waals surface area contributed by atoms with E-state index in [9.17, 15) is 4.79 Å². The Morgan fingerprint density at radius 1 is 0.970 bits per heavy atom. The summed E-state index contributed by atoms with van der Waals surface area (Å²) in [6, 6.07) is 20.9. The molecule has 33 heavy (non-hydrogen) atoms. The van der Waals surface area contributed by atoms with E-state index in [2.05, 4.69) is 10.1 Å². The summed E-state index contributed by atoms with van der Waals surface area (Å²) in [6.07, 6.45) is 5.40. The van der Waals surface area contributed by atoms with Gasteiger partial charge in [0.05, 0.1) is 22.8 Å². The van der Waals surface area contributed by atoms with E-state index in [4.69, 9.17) is 9.84 Å². The molecule has 5 aromatic rings. The second-order valence-electron chi connectivity index (χ2n) is 8.03. The molecule has 7 heteroatoms. The quantitative estimate of drug-likeness (QED) is 0.382. The molecule has 7 nitrogen and oxygen atoms in total. The highest BCUT2D eigenvalue weighted by atomic mass is 16.5. The largest absolute Gasteiger partial charge is 0.489 e. The Hall–Kier alpha value is -4.26. The third-order valence-electron chi connectivity index (χ3n) is 5.35. The fourth-order valence-corrected chi connectivity index (χ4v) is 3.75. The third kappa shape index (κ3) is 4.13. The van der Waals surface area contributed by atoms with Crippen LogP contribution in [0.25, 0.3) is 28.0 Å². The normalized spacial score (nSPS) is 11.2. The van der Waals surface area contributed by atoms with Crippen LogP contribution in [0.2, 0.25) is 0 Å². The fourth-order valence-electron chi connectivity index (χ4n) is 3.75. The molecule has 0 amide bonds. The van der Waals surface area contributed by atoms with Crippen LogP contribution < -0.4 is 10.3 Å². The molecule has 0 bridgehead atoms. The van der Waals surface area contributed by atoms with Crippen molar-refractivity contribution in [1.29, 1.82) is 0 Å². The number of pyridine rings is 2. The third-order valence-corrected chi connectivity index (χ3v) is 5.35. The van der Waals surface area contributed by atoms with Gasteiger partial charge in [-0.05, 0) is 32.0 Å². The van der Waals surface area contributed by atoms with Crippen LogP contribution >= 0.6 is 0 Å². The molecule has 164 valence electrons. The van der Waals surface area contributed by atoms with Gasteiger partial charge in [0, 0.05) is 41.9 Å². The summed E-state index contributed by atoms with van der Waals surface area (Å²) in [5.41, 5.74) is 5.00. The highest BCUT2D eigenvalue weighted by Crippen LogP contribution is 2.35. The summed E-state index contributed by atoms with van der Waals surface area (Å²) in [5, 5.41) is 9.51. The van der Waals surface area contributed by atoms with Gasteiger partial charge in [0.15, 0.2) is 0 Å². The van der Waals surface area contributed by atoms with Crippen LogP contribution in [0.1, 0.15) is 25.5 Å². The number of rotatable bonds is 6. The molecular weight excluding hydrogens is 414 g/mol. The molecule has 0 saturated carbocycles. The molecule has 0 atom stereocenters. The molecule has 0 aliphatic carbocycles. The van der Waals surface area contributed by atoms with E-state index in [0.29, 0.717) is 18.1 Å². The Labute approximate surface area is 190 Å². The molecule has 0 spiro atoms. The molecule has 0 N–H and O–H groups in total. The van der Waals surface area contributed by atoms with Gasteiger partial charge in [-0.25, -0.2) is 9.20 Å². The lowest BCUT2D eigenvalue weighted by Crippen LogP contribution is -2.23. The van der Waals surface area contributed by atoms with E-state index >= 15 is 0 Å². The Morgan fingerprint density at radius 2 is 1.82 bits per heavy atom. The molecule has 0 saturated heterocycles. The Balaban J connectivity index is 1.65. The zero-order valence-electron chi connectivity index (χ0n) is 18.4. The van der Waals surface area contributed by atoms with Crippen molar-refractivity contribution in [3.63, 3.8) is 0 Å². The summed E-state index contributed by atoms with van der Waals surface area (Å²) < 4.78 is 9.35. The predicted molar refractivity (Wildman–Crippen MR) is 127 cm³/mol. The number of fused-ring (bicyclic) bond motifs is 1. The summed E-state index contributed by atoms with van der Waals surface area (Å²) in [4.78, 5) is 16.5. The minimum Gasteiger partial charge on any atom is -0.489 e. The van der Waals surface area contributed by atoms with Crippen LogP contribution in [0, 0.1) is 0 Å². The van der Waals surface area contributed by atoms with Gasteiger partial charge in [0.25, 0.3) is 5.56 Å². The lowest BCUT2D eigenvalue weighted by molar-refractivity contribution is 0.305. The minimum atomic E-state index is -0.132. The molecular formula is C26H23N5O2. The molecule has 0 unspecified atom stereocenters. The van der Waals surface area contributed by atoms with E-state index in [1.165, 1.54) is 4.68 Å². The Kier molecular flexibility index (Phi) is 5.44. The Morgan fingerprint density at radius 3 is 2.58 bits per heavy atom. The second-order valence-corrected chi connectivity index (χ2v) is 8.03. The SMILES string of the molecule is CC(C)n1nc(-c2c(-c3ccccc3)nn3ccc(OCc4cccnc4)cc23)ccc1=O. The summed E-state index contributed by atoms with van der Waals surface area (Å²) in [7, 11) is 0. The highest BCUT2D eigenvalue weighted by molar-refractivity contribution is 5.91. The fraction of sp³-hybridized carbons (Fsp3) is 0.154. The Bertz CT molecular complexity index is 1460. The smallest absolute Gasteiger partial charge is 0.267 e. The number of hydrogen-bond acceptors (Lipinski definition) is 5. The first-order valence-electron chi connectivity index (χ1n) is 10.8. The number of benzene rings is 1. The van der Waals surface area contributed by atoms with Gasteiger partial charge >= 0.3 is 0 Å². The average molecular weight is 438 g/mol. The molecule has 0 aliphatic heterocycles. The first-order chi connectivity index (χ1) is 16.1. The maximum absolute atomic E-state index is 12.3. The van der Waals surface area contributed by atoms with Crippen molar-refractivity contribution in [2.24, 2.45) is 0 Å². The van der Waals surface area contributed by atoms with Gasteiger partial charge in [-0.3, -0.25) is 9.78 Å².